The molecule has 41 nitrogen and oxygen atoms in total. The van der Waals surface area contributed by atoms with Gasteiger partial charge in [0, 0.05) is 118 Å². The van der Waals surface area contributed by atoms with E-state index in [2.05, 4.69) is 47.2 Å². The van der Waals surface area contributed by atoms with E-state index in [0.29, 0.717) is 124 Å². The van der Waals surface area contributed by atoms with E-state index in [-0.39, 0.29) is 160 Å². The topological polar surface area (TPSA) is 569 Å². The number of guanidine groups is 1. The molecule has 2 aromatic carbocycles. The maximum atomic E-state index is 13.8. The zero-order chi connectivity index (χ0) is 93.8. The van der Waals surface area contributed by atoms with Crippen molar-refractivity contribution in [1.29, 1.82) is 0 Å². The first-order valence-corrected chi connectivity index (χ1v) is 43.0. The number of likely N-dealkylation sites (N-methyl/N-ethyl adjacent to an activating group) is 2. The summed E-state index contributed by atoms with van der Waals surface area (Å²) in [5, 5.41) is 54.7. The van der Waals surface area contributed by atoms with E-state index in [1.165, 1.54) is 53.6 Å². The lowest BCUT2D eigenvalue weighted by atomic mass is 9.86. The molecule has 4 aromatic heterocycles. The van der Waals surface area contributed by atoms with E-state index in [9.17, 15) is 87.2 Å². The first kappa shape index (κ1) is 99.6. The lowest BCUT2D eigenvalue weighted by molar-refractivity contribution is -0.172. The van der Waals surface area contributed by atoms with Crippen LogP contribution in [0.4, 0.5) is 9.59 Å². The second kappa shape index (κ2) is 47.6. The fourth-order valence-electron chi connectivity index (χ4n) is 15.1. The van der Waals surface area contributed by atoms with Crippen molar-refractivity contribution in [3.8, 4) is 22.9 Å². The monoisotopic (exact) mass is 1790 g/mol. The minimum atomic E-state index is -1.96. The Balaban J connectivity index is 0.000000359. The van der Waals surface area contributed by atoms with Crippen LogP contribution in [-0.4, -0.2) is 255 Å². The van der Waals surface area contributed by atoms with Crippen LogP contribution < -0.4 is 53.7 Å². The quantitative estimate of drug-likeness (QED) is 0.0114. The summed E-state index contributed by atoms with van der Waals surface area (Å²) >= 11 is 0. The number of hydrogen-bond acceptors (Lipinski definition) is 27. The van der Waals surface area contributed by atoms with Gasteiger partial charge in [0.15, 0.2) is 23.1 Å². The second-order valence-corrected chi connectivity index (χ2v) is 31.7. The molecule has 1 fully saturated rings. The van der Waals surface area contributed by atoms with Gasteiger partial charge in [-0.05, 0) is 119 Å². The number of phenolic OH excluding ortho intramolecular Hbond substituents is 1. The first-order chi connectivity index (χ1) is 61.7. The number of hydrogen-bond donors (Lipinski definition) is 11. The Morgan fingerprint density at radius 2 is 1.46 bits per heavy atom. The van der Waals surface area contributed by atoms with Crippen molar-refractivity contribution in [2.45, 2.75) is 194 Å². The molecule has 5 atom stereocenters. The number of aromatic nitrogens is 6. The van der Waals surface area contributed by atoms with E-state index < -0.39 is 120 Å². The predicted molar refractivity (Wildman–Crippen MR) is 464 cm³/mol. The van der Waals surface area contributed by atoms with E-state index in [1.807, 2.05) is 13.8 Å². The fourth-order valence-corrected chi connectivity index (χ4v) is 15.1. The molecule has 129 heavy (non-hydrogen) atoms. The van der Waals surface area contributed by atoms with Gasteiger partial charge >= 0.3 is 24.1 Å². The van der Waals surface area contributed by atoms with E-state index >= 15 is 0 Å². The van der Waals surface area contributed by atoms with Crippen LogP contribution >= 0.6 is 0 Å². The maximum Gasteiger partial charge on any atom is 0.415 e. The first-order valence-electron chi connectivity index (χ1n) is 43.0. The van der Waals surface area contributed by atoms with E-state index in [4.69, 9.17) is 44.9 Å². The van der Waals surface area contributed by atoms with Crippen molar-refractivity contribution in [1.82, 2.24) is 70.8 Å². The van der Waals surface area contributed by atoms with Crippen LogP contribution in [0.2, 0.25) is 0 Å². The highest BCUT2D eigenvalue weighted by atomic mass is 16.6. The molecule has 1 aliphatic carbocycles. The molecule has 0 saturated carbocycles. The zero-order valence-electron chi connectivity index (χ0n) is 73.8. The number of nitrogens with two attached hydrogens (primary N) is 2. The number of carbonyl (C=O) groups excluding carboxylic acids is 13. The lowest BCUT2D eigenvalue weighted by Gasteiger charge is -2.31. The highest BCUT2D eigenvalue weighted by molar-refractivity contribution is 6.25. The second-order valence-electron chi connectivity index (χ2n) is 31.7. The van der Waals surface area contributed by atoms with Gasteiger partial charge in [-0.3, -0.25) is 62.5 Å². The van der Waals surface area contributed by atoms with Crippen LogP contribution in [0.1, 0.15) is 177 Å². The Kier molecular flexibility index (Phi) is 36.8. The number of Topliss-reactive ketones (excluding diaryl/α,β-unsaturated/α-hetero) is 3. The van der Waals surface area contributed by atoms with Gasteiger partial charge in [0.25, 0.3) is 5.56 Å². The molecule has 10 rings (SSSR count). The number of amides is 8. The number of carboxylic acid groups (broad SMARTS) is 1. The summed E-state index contributed by atoms with van der Waals surface area (Å²) in [6.45, 7) is 10.1. The summed E-state index contributed by atoms with van der Waals surface area (Å²) < 4.78 is 38.1. The number of ether oxygens (including phenoxy) is 6. The van der Waals surface area contributed by atoms with E-state index in [0.717, 1.165) is 24.0 Å². The Hall–Kier alpha value is -13.2. The zero-order valence-corrected chi connectivity index (χ0v) is 73.8. The van der Waals surface area contributed by atoms with Crippen molar-refractivity contribution in [3.05, 3.63) is 133 Å². The number of carbonyl (C=O) groups is 14. The standard InChI is InChI=1S/C59H72N10O16.C29H43N7O8/c1-8-40-41-28-39(15-16-46(41)62-52-42(40)31-69-47(52)29-45-44(55(69)75)34-83-56(76)59(45,79)9-2)85-58(78)66(7)19-18-65(6)57(77)84-33-43-36(4)68(53-48(71)27-35(3)54(74)51(43)53)32-50(73)61-17-21-80-23-25-82-26-24-81-22-20-67-30-37(63-64-67)13-14-38(70)11-10-12-49(72)60-5;1-2-3-4-6-21-28(44)36-20(7-5-12-32-29(30)31)27(43)33-16-24(39)34-22(15-25(40)41)23(38)14-18(26(42)35-21)13-17-8-10-19(37)11-9-17/h15-16,27-30,79H,8-14,17-26,31-34H2,1-7H3,(H,60,72)(H,61,73);8-11,18,20-22,37H,2-7,12-16H2,1H3,(H,33,43)(H,34,39)(H,35,42)(H,36,44)(H,40,41)(H4,30,31,32)/t59-;18-,20-,21?,22-/m00/s1. The molecular formula is C88H115N17O24. The molecule has 0 radical (unpaired) electrons. The number of esters is 1. The van der Waals surface area contributed by atoms with Crippen LogP contribution in [0.25, 0.3) is 22.3 Å². The molecule has 0 spiro atoms. The number of aliphatic carboxylic acids is 1. The van der Waals surface area contributed by atoms with E-state index in [1.54, 1.807) is 72.7 Å². The molecular weight excluding hydrogens is 1680 g/mol. The molecule has 7 heterocycles. The van der Waals surface area contributed by atoms with Gasteiger partial charge in [0.05, 0.1) is 105 Å². The highest BCUT2D eigenvalue weighted by Crippen LogP contribution is 2.41. The number of rotatable bonds is 41. The number of pyridine rings is 2. The largest absolute Gasteiger partial charge is 0.508 e. The molecule has 8 amide bonds. The summed E-state index contributed by atoms with van der Waals surface area (Å²) in [5.74, 6) is -7.92. The summed E-state index contributed by atoms with van der Waals surface area (Å²) in [5.41, 5.74) is 14.4. The lowest BCUT2D eigenvalue weighted by Crippen LogP contribution is -2.55. The number of aliphatic imine (C=N–C) groups is 1. The highest BCUT2D eigenvalue weighted by Gasteiger charge is 2.46. The summed E-state index contributed by atoms with van der Waals surface area (Å²) in [6, 6.07) is 9.07. The molecule has 6 aromatic rings. The predicted octanol–water partition coefficient (Wildman–Crippen LogP) is 2.86. The van der Waals surface area contributed by atoms with Gasteiger partial charge in [-0.25, -0.2) is 24.0 Å². The minimum absolute atomic E-state index is 0.00394. The number of phenols is 1. The van der Waals surface area contributed by atoms with Crippen LogP contribution in [0.5, 0.6) is 11.5 Å². The number of carboxylic acids is 1. The van der Waals surface area contributed by atoms with Gasteiger partial charge in [0.1, 0.15) is 54.8 Å². The molecule has 1 unspecified atom stereocenters. The molecule has 0 bridgehead atoms. The van der Waals surface area contributed by atoms with Crippen molar-refractivity contribution in [2.75, 3.05) is 93.5 Å². The number of nitrogens with one attached hydrogen (secondary N) is 6. The van der Waals surface area contributed by atoms with Gasteiger partial charge < -0.3 is 106 Å². The SMILES string of the molecule is CCCCCC1NC(=O)[C@@H](Cc2ccc(O)cc2)CC(=O)[C@H](CC(=O)O)NC(=O)CNC(=O)[C@H](CCCN=C(N)N)NC1=O.CCc1c2c(nc3ccc(OC(=O)N(C)CCN(C)C(=O)OCc4c5c(n(CC(=O)NCCOCCOCCOCCn6cc(CCC(=O)CCCC(=O)NC)nn6)c4C)C(=O)C=C(C)C5=O)cc13)-c1cc3c(c(=O)n1C2)COC(=O)[C@]3(O)CC. The number of fused-ring (bicyclic) bond motifs is 6. The van der Waals surface area contributed by atoms with Crippen LogP contribution in [0.3, 0.4) is 0 Å². The normalized spacial score (nSPS) is 17.3. The van der Waals surface area contributed by atoms with Gasteiger partial charge in [0.2, 0.25) is 41.2 Å². The minimum Gasteiger partial charge on any atom is -0.508 e. The number of allylic oxidation sites excluding steroid dienone is 2. The third-order valence-electron chi connectivity index (χ3n) is 22.4. The van der Waals surface area contributed by atoms with Crippen LogP contribution in [-0.2, 0) is 129 Å². The van der Waals surface area contributed by atoms with Crippen molar-refractivity contribution in [3.63, 3.8) is 0 Å². The number of unbranched alkanes of at least 4 members (excludes halogenated alkanes) is 2. The summed E-state index contributed by atoms with van der Waals surface area (Å²) in [6.07, 6.45) is 5.83. The molecule has 1 saturated heterocycles. The smallest absolute Gasteiger partial charge is 0.415 e. The third-order valence-corrected chi connectivity index (χ3v) is 22.4. The third kappa shape index (κ3) is 27.2. The van der Waals surface area contributed by atoms with Crippen molar-refractivity contribution >= 4 is 99.6 Å². The molecule has 13 N–H and O–H groups in total. The van der Waals surface area contributed by atoms with Crippen LogP contribution in [0.15, 0.2) is 76.2 Å². The number of aliphatic hydroxyl groups is 1. The van der Waals surface area contributed by atoms with Gasteiger partial charge in [-0.1, -0.05) is 57.4 Å². The number of cyclic esters (lactones) is 1. The van der Waals surface area contributed by atoms with Crippen LogP contribution in [0, 0.1) is 12.8 Å². The number of nitrogens with zero attached hydrogens (tertiary/aromatic N) is 9. The number of aryl methyl sites for hydroxylation is 2. The molecule has 3 aliphatic heterocycles. The Morgan fingerprint density at radius 3 is 2.15 bits per heavy atom. The van der Waals surface area contributed by atoms with Gasteiger partial charge in [-0.2, -0.15) is 0 Å². The number of ketones is 4. The summed E-state index contributed by atoms with van der Waals surface area (Å²) in [7, 11) is 4.55. The van der Waals surface area contributed by atoms with Crippen molar-refractivity contribution in [2.24, 2.45) is 22.4 Å². The molecule has 4 aliphatic rings. The number of benzene rings is 2. The average molecular weight is 1790 g/mol. The Morgan fingerprint density at radius 1 is 0.767 bits per heavy atom. The van der Waals surface area contributed by atoms with Crippen molar-refractivity contribution < 1.29 is 111 Å². The maximum absolute atomic E-state index is 13.8. The summed E-state index contributed by atoms with van der Waals surface area (Å²) in [4.78, 5) is 206. The molecule has 696 valence electrons. The Bertz CT molecular complexity index is 5260. The van der Waals surface area contributed by atoms with Gasteiger partial charge in [-0.15, -0.1) is 5.10 Å². The number of aromatic hydroxyl groups is 1. The Labute approximate surface area is 743 Å². The fraction of sp³-hybridized carbons (Fsp3) is 0.511. The molecule has 41 heteroatoms. The average Bonchev–Trinajstić information content (AvgIpc) is 1.59.